The van der Waals surface area contributed by atoms with Crippen molar-refractivity contribution in [1.29, 1.82) is 0 Å². The molecular weight excluding hydrogens is 416 g/mol. The van der Waals surface area contributed by atoms with Crippen LogP contribution < -0.4 is 0 Å². The quantitative estimate of drug-likeness (QED) is 0.326. The molecule has 0 radical (unpaired) electrons. The number of nitrogens with zero attached hydrogens (tertiary/aromatic N) is 2. The molecule has 1 atom stereocenters. The van der Waals surface area contributed by atoms with Crippen molar-refractivity contribution in [3.63, 3.8) is 0 Å². The highest BCUT2D eigenvalue weighted by Gasteiger charge is 2.54. The van der Waals surface area contributed by atoms with Gasteiger partial charge in [-0.25, -0.2) is 0 Å². The minimum Gasteiger partial charge on any atom is -0.715 e. The van der Waals surface area contributed by atoms with E-state index < -0.39 is 11.1 Å². The fraction of sp³-hybridized carbons (Fsp3) is 0.368. The molecule has 0 spiro atoms. The maximum absolute atomic E-state index is 12.9. The van der Waals surface area contributed by atoms with Crippen molar-refractivity contribution in [2.24, 2.45) is 0 Å². The second-order valence-electron chi connectivity index (χ2n) is 7.51. The fourth-order valence-corrected chi connectivity index (χ4v) is 7.97. The Morgan fingerprint density at radius 3 is 2.56 bits per heavy atom. The lowest BCUT2D eigenvalue weighted by Gasteiger charge is -2.39. The van der Waals surface area contributed by atoms with Crippen LogP contribution in [0, 0.1) is 10.4 Å². The van der Waals surface area contributed by atoms with Crippen LogP contribution in [0.4, 0.5) is 0 Å². The maximum atomic E-state index is 12.9. The average Bonchev–Trinajstić information content (AvgIpc) is 3.34. The summed E-state index contributed by atoms with van der Waals surface area (Å²) in [6, 6.07) is 7.77. The molecule has 0 amide bonds. The maximum Gasteiger partial charge on any atom is 0.279 e. The minimum absolute atomic E-state index is 0.195. The molecule has 2 aliphatic rings. The smallest absolute Gasteiger partial charge is 0.279 e. The summed E-state index contributed by atoms with van der Waals surface area (Å²) in [4.78, 5) is 1.18. The number of thioether (sulfide) groups is 2. The van der Waals surface area contributed by atoms with Crippen LogP contribution in [0.3, 0.4) is 0 Å². The molecule has 0 aliphatic carbocycles. The van der Waals surface area contributed by atoms with Gasteiger partial charge in [0, 0.05) is 4.91 Å². The first-order valence-corrected chi connectivity index (χ1v) is 12.1. The third-order valence-corrected chi connectivity index (χ3v) is 11.0. The molecule has 142 valence electrons. The van der Waals surface area contributed by atoms with E-state index in [0.717, 1.165) is 15.4 Å². The molecule has 1 aromatic heterocycles. The highest BCUT2D eigenvalue weighted by molar-refractivity contribution is 8.25. The monoisotopic (exact) mass is 436 g/mol. The van der Waals surface area contributed by atoms with Crippen molar-refractivity contribution in [2.45, 2.75) is 43.4 Å². The molecular formula is C19H20N2O2S4. The van der Waals surface area contributed by atoms with Crippen LogP contribution in [0.5, 0.6) is 0 Å². The molecule has 0 bridgehead atoms. The number of hydrogen-bond acceptors (Lipinski definition) is 6. The number of rotatable bonds is 3. The lowest BCUT2D eigenvalue weighted by Crippen LogP contribution is -2.52. The summed E-state index contributed by atoms with van der Waals surface area (Å²) < 4.78 is 2.65. The Morgan fingerprint density at radius 1 is 1.19 bits per heavy atom. The molecule has 4 nitrogen and oxygen atoms in total. The first-order valence-electron chi connectivity index (χ1n) is 8.53. The molecule has 4 rings (SSSR count). The molecule has 27 heavy (non-hydrogen) atoms. The molecule has 0 fully saturated rings. The van der Waals surface area contributed by atoms with Gasteiger partial charge in [0.2, 0.25) is 0 Å². The summed E-state index contributed by atoms with van der Waals surface area (Å²) in [5.74, 6) is 0.195. The van der Waals surface area contributed by atoms with Crippen LogP contribution in [0.25, 0.3) is 4.91 Å². The predicted octanol–water partition coefficient (Wildman–Crippen LogP) is 6.20. The van der Waals surface area contributed by atoms with Crippen LogP contribution in [-0.2, 0) is 0 Å². The van der Waals surface area contributed by atoms with E-state index in [9.17, 15) is 10.4 Å². The van der Waals surface area contributed by atoms with Crippen LogP contribution in [0.1, 0.15) is 47.6 Å². The van der Waals surface area contributed by atoms with E-state index >= 15 is 0 Å². The highest BCUT2D eigenvalue weighted by Crippen LogP contribution is 2.56. The first kappa shape index (κ1) is 19.3. The molecule has 0 saturated carbocycles. The van der Waals surface area contributed by atoms with Crippen LogP contribution in [0.2, 0.25) is 0 Å². The van der Waals surface area contributed by atoms with Gasteiger partial charge < -0.3 is 10.4 Å². The second kappa shape index (κ2) is 6.77. The summed E-state index contributed by atoms with van der Waals surface area (Å²) in [7, 11) is 0. The minimum atomic E-state index is -0.803. The lowest BCUT2D eigenvalue weighted by atomic mass is 9.84. The molecule has 2 aromatic rings. The largest absolute Gasteiger partial charge is 0.715 e. The fourth-order valence-electron chi connectivity index (χ4n) is 3.02. The van der Waals surface area contributed by atoms with Gasteiger partial charge in [0.15, 0.2) is 0 Å². The van der Waals surface area contributed by atoms with E-state index in [1.54, 1.807) is 22.7 Å². The van der Waals surface area contributed by atoms with Gasteiger partial charge in [-0.05, 0) is 50.8 Å². The van der Waals surface area contributed by atoms with Crippen molar-refractivity contribution in [3.8, 4) is 0 Å². The summed E-state index contributed by atoms with van der Waals surface area (Å²) in [6.07, 6.45) is 0. The molecule has 0 N–H and O–H groups in total. The Labute approximate surface area is 175 Å². The summed E-state index contributed by atoms with van der Waals surface area (Å²) in [5, 5.41) is 33.1. The van der Waals surface area contributed by atoms with E-state index in [1.165, 1.54) is 9.10 Å². The molecule has 1 unspecified atom stereocenters. The molecule has 1 aromatic carbocycles. The van der Waals surface area contributed by atoms with Crippen LogP contribution in [-0.4, -0.2) is 26.7 Å². The third kappa shape index (κ3) is 3.02. The Balaban J connectivity index is 1.66. The Kier molecular flexibility index (Phi) is 4.83. The average molecular weight is 437 g/mol. The Morgan fingerprint density at radius 2 is 1.93 bits per heavy atom. The summed E-state index contributed by atoms with van der Waals surface area (Å²) in [5.41, 5.74) is 0.113. The van der Waals surface area contributed by atoms with E-state index in [0.29, 0.717) is 10.1 Å². The van der Waals surface area contributed by atoms with Gasteiger partial charge in [0.25, 0.3) is 10.0 Å². The number of hydroxylamine groups is 3. The summed E-state index contributed by atoms with van der Waals surface area (Å²) in [6.45, 7) is 7.28. The standard InChI is InChI=1S/C19H20N2O2S4/c1-18(2)19(3,4)21(23)15(20(18)22)13-7-5-6-12(10-13)14-11-26-17(27-14)16-24-8-9-25-16/h5-11,17H,1-4H3. The van der Waals surface area contributed by atoms with Crippen molar-refractivity contribution >= 4 is 56.9 Å². The van der Waals surface area contributed by atoms with Crippen molar-refractivity contribution in [1.82, 2.24) is 5.06 Å². The van der Waals surface area contributed by atoms with E-state index in [2.05, 4.69) is 16.2 Å². The van der Waals surface area contributed by atoms with Gasteiger partial charge >= 0.3 is 0 Å². The Bertz CT molecular complexity index is 935. The van der Waals surface area contributed by atoms with Crippen molar-refractivity contribution in [3.05, 3.63) is 66.2 Å². The zero-order valence-corrected chi connectivity index (χ0v) is 18.7. The number of amidine groups is 1. The van der Waals surface area contributed by atoms with E-state index in [-0.39, 0.29) is 5.84 Å². The Hall–Kier alpha value is -1.06. The van der Waals surface area contributed by atoms with Crippen LogP contribution in [0.15, 0.2) is 40.4 Å². The SMILES string of the molecule is CC1(C)N([O-])C(c2cccc(C3=CSC(c4scc[s+]4)S3)c2)=[N+]([O-])C1(C)C. The third-order valence-electron chi connectivity index (χ3n) is 5.45. The van der Waals surface area contributed by atoms with Gasteiger partial charge in [-0.3, -0.25) is 9.80 Å². The zero-order chi connectivity index (χ0) is 19.4. The highest BCUT2D eigenvalue weighted by atomic mass is 32.2. The van der Waals surface area contributed by atoms with Crippen molar-refractivity contribution < 1.29 is 4.74 Å². The first-order chi connectivity index (χ1) is 12.7. The van der Waals surface area contributed by atoms with Crippen LogP contribution >= 0.6 is 46.2 Å². The van der Waals surface area contributed by atoms with E-state index in [4.69, 9.17) is 0 Å². The van der Waals surface area contributed by atoms with Gasteiger partial charge in [-0.1, -0.05) is 23.9 Å². The second-order valence-corrected chi connectivity index (χ2v) is 12.1. The molecule has 8 heteroatoms. The molecule has 0 saturated heterocycles. The lowest BCUT2D eigenvalue weighted by molar-refractivity contribution is -0.539. The normalized spacial score (nSPS) is 23.8. The topological polar surface area (TPSA) is 52.4 Å². The molecule has 2 aliphatic heterocycles. The number of benzene rings is 1. The molecule has 3 heterocycles. The van der Waals surface area contributed by atoms with Crippen molar-refractivity contribution in [2.75, 3.05) is 0 Å². The van der Waals surface area contributed by atoms with Gasteiger partial charge in [-0.15, -0.1) is 11.8 Å². The number of hydrogen-bond donors (Lipinski definition) is 0. The van der Waals surface area contributed by atoms with Gasteiger partial charge in [-0.2, -0.15) is 0 Å². The van der Waals surface area contributed by atoms with Gasteiger partial charge in [0.05, 0.1) is 28.2 Å². The van der Waals surface area contributed by atoms with Gasteiger partial charge in [0.1, 0.15) is 26.4 Å². The van der Waals surface area contributed by atoms with E-state index in [1.807, 2.05) is 75.5 Å². The summed E-state index contributed by atoms with van der Waals surface area (Å²) >= 11 is 7.21. The zero-order valence-electron chi connectivity index (χ0n) is 15.5. The predicted molar refractivity (Wildman–Crippen MR) is 120 cm³/mol.